The van der Waals surface area contributed by atoms with Crippen LogP contribution in [0.15, 0.2) is 12.1 Å². The highest BCUT2D eigenvalue weighted by atomic mass is 16.6. The maximum Gasteiger partial charge on any atom is 0.338 e. The fraction of sp³-hybridized carbons (Fsp3) is 0.385. The molecule has 0 aliphatic carbocycles. The van der Waals surface area contributed by atoms with Crippen LogP contribution in [0.4, 0.5) is 11.4 Å². The van der Waals surface area contributed by atoms with Gasteiger partial charge in [0.1, 0.15) is 0 Å². The van der Waals surface area contributed by atoms with Gasteiger partial charge < -0.3 is 14.4 Å². The van der Waals surface area contributed by atoms with Crippen molar-refractivity contribution in [1.29, 1.82) is 0 Å². The fourth-order valence-electron chi connectivity index (χ4n) is 2.28. The summed E-state index contributed by atoms with van der Waals surface area (Å²) in [5.74, 6) is -0.916. The molecule has 0 saturated carbocycles. The van der Waals surface area contributed by atoms with Crippen molar-refractivity contribution in [3.8, 4) is 5.75 Å². The average molecular weight is 294 g/mol. The van der Waals surface area contributed by atoms with E-state index >= 15 is 0 Å². The Hall–Kier alpha value is -2.64. The van der Waals surface area contributed by atoms with Gasteiger partial charge in [-0.1, -0.05) is 0 Å². The number of esters is 1. The Morgan fingerprint density at radius 3 is 2.57 bits per heavy atom. The van der Waals surface area contributed by atoms with Crippen LogP contribution in [0.3, 0.4) is 0 Å². The highest BCUT2D eigenvalue weighted by molar-refractivity contribution is 6.00. The molecular weight excluding hydrogens is 280 g/mol. The smallest absolute Gasteiger partial charge is 0.338 e. The largest absolute Gasteiger partial charge is 0.489 e. The lowest BCUT2D eigenvalue weighted by atomic mass is 10.1. The molecule has 1 fully saturated rings. The summed E-state index contributed by atoms with van der Waals surface area (Å²) in [5.41, 5.74) is -0.163. The SMILES string of the molecule is COC(=O)c1cc(N2CCCC2=O)c(OC)c([N+](=O)[O-])c1. The number of methoxy groups -OCH3 is 2. The predicted octanol–water partition coefficient (Wildman–Crippen LogP) is 1.52. The molecule has 112 valence electrons. The highest BCUT2D eigenvalue weighted by Crippen LogP contribution is 2.40. The van der Waals surface area contributed by atoms with E-state index in [0.29, 0.717) is 19.4 Å². The Morgan fingerprint density at radius 1 is 1.38 bits per heavy atom. The zero-order valence-corrected chi connectivity index (χ0v) is 11.6. The molecule has 1 aromatic carbocycles. The van der Waals surface area contributed by atoms with E-state index in [1.54, 1.807) is 0 Å². The van der Waals surface area contributed by atoms with Gasteiger partial charge in [0.05, 0.1) is 30.4 Å². The molecule has 1 amide bonds. The first-order chi connectivity index (χ1) is 9.99. The molecule has 1 saturated heterocycles. The maximum absolute atomic E-state index is 11.9. The summed E-state index contributed by atoms with van der Waals surface area (Å²) in [4.78, 5) is 35.4. The molecule has 0 aromatic heterocycles. The van der Waals surface area contributed by atoms with Crippen molar-refractivity contribution in [2.45, 2.75) is 12.8 Å². The number of amides is 1. The van der Waals surface area contributed by atoms with Gasteiger partial charge in [-0.3, -0.25) is 14.9 Å². The molecule has 8 nitrogen and oxygen atoms in total. The molecular formula is C13H14N2O6. The Kier molecular flexibility index (Phi) is 4.06. The summed E-state index contributed by atoms with van der Waals surface area (Å²) < 4.78 is 9.66. The van der Waals surface area contributed by atoms with Crippen LogP contribution in [0, 0.1) is 10.1 Å². The second kappa shape index (κ2) is 5.78. The summed E-state index contributed by atoms with van der Waals surface area (Å²) in [6, 6.07) is 2.45. The normalized spacial score (nSPS) is 14.2. The molecule has 0 atom stereocenters. The van der Waals surface area contributed by atoms with Crippen LogP contribution in [-0.4, -0.2) is 37.6 Å². The van der Waals surface area contributed by atoms with Crippen molar-refractivity contribution in [2.75, 3.05) is 25.7 Å². The van der Waals surface area contributed by atoms with Gasteiger partial charge in [0.2, 0.25) is 11.7 Å². The van der Waals surface area contributed by atoms with Gasteiger partial charge in [0.25, 0.3) is 0 Å². The van der Waals surface area contributed by atoms with Crippen LogP contribution in [0.2, 0.25) is 0 Å². The minimum Gasteiger partial charge on any atom is -0.489 e. The summed E-state index contributed by atoms with van der Waals surface area (Å²) in [7, 11) is 2.46. The van der Waals surface area contributed by atoms with Crippen molar-refractivity contribution in [2.24, 2.45) is 0 Å². The molecule has 0 spiro atoms. The van der Waals surface area contributed by atoms with Gasteiger partial charge in [0.15, 0.2) is 0 Å². The molecule has 1 aliphatic rings. The van der Waals surface area contributed by atoms with Crippen molar-refractivity contribution in [3.05, 3.63) is 27.8 Å². The minimum absolute atomic E-state index is 0.000278. The van der Waals surface area contributed by atoms with E-state index in [2.05, 4.69) is 4.74 Å². The van der Waals surface area contributed by atoms with E-state index in [0.717, 1.165) is 6.07 Å². The number of carbonyl (C=O) groups is 2. The zero-order valence-electron chi connectivity index (χ0n) is 11.6. The van der Waals surface area contributed by atoms with Crippen LogP contribution < -0.4 is 9.64 Å². The Labute approximate surface area is 120 Å². The first kappa shape index (κ1) is 14.8. The number of hydrogen-bond acceptors (Lipinski definition) is 6. The number of hydrogen-bond donors (Lipinski definition) is 0. The second-order valence-corrected chi connectivity index (χ2v) is 4.45. The highest BCUT2D eigenvalue weighted by Gasteiger charge is 2.31. The molecule has 0 unspecified atom stereocenters. The number of ether oxygens (including phenoxy) is 2. The zero-order chi connectivity index (χ0) is 15.6. The van der Waals surface area contributed by atoms with Gasteiger partial charge in [0, 0.05) is 19.0 Å². The van der Waals surface area contributed by atoms with E-state index in [-0.39, 0.29) is 28.6 Å². The molecule has 0 bridgehead atoms. The number of nitrogens with zero attached hydrogens (tertiary/aromatic N) is 2. The number of benzene rings is 1. The summed E-state index contributed by atoms with van der Waals surface area (Å²) in [6.45, 7) is 0.428. The Bertz CT molecular complexity index is 613. The number of nitro benzene ring substituents is 1. The molecule has 2 rings (SSSR count). The van der Waals surface area contributed by atoms with Gasteiger partial charge >= 0.3 is 11.7 Å². The van der Waals surface area contributed by atoms with E-state index in [4.69, 9.17) is 4.74 Å². The second-order valence-electron chi connectivity index (χ2n) is 4.45. The maximum atomic E-state index is 11.9. The standard InChI is InChI=1S/C13H14N2O6/c1-20-12-9(14-5-3-4-11(14)16)6-8(13(17)21-2)7-10(12)15(18)19/h6-7H,3-5H2,1-2H3. The summed E-state index contributed by atoms with van der Waals surface area (Å²) in [6.07, 6.45) is 1.01. The lowest BCUT2D eigenvalue weighted by Crippen LogP contribution is -2.25. The lowest BCUT2D eigenvalue weighted by Gasteiger charge is -2.19. The number of anilines is 1. The monoisotopic (exact) mass is 294 g/mol. The summed E-state index contributed by atoms with van der Waals surface area (Å²) in [5, 5.41) is 11.2. The van der Waals surface area contributed by atoms with Crippen LogP contribution in [0.5, 0.6) is 5.75 Å². The predicted molar refractivity (Wildman–Crippen MR) is 72.6 cm³/mol. The molecule has 0 radical (unpaired) electrons. The fourth-order valence-corrected chi connectivity index (χ4v) is 2.28. The first-order valence-corrected chi connectivity index (χ1v) is 6.24. The van der Waals surface area contributed by atoms with Crippen LogP contribution in [0.1, 0.15) is 23.2 Å². The molecule has 21 heavy (non-hydrogen) atoms. The topological polar surface area (TPSA) is 99.0 Å². The number of nitro groups is 1. The van der Waals surface area contributed by atoms with Crippen molar-refractivity contribution in [1.82, 2.24) is 0 Å². The third-order valence-electron chi connectivity index (χ3n) is 3.24. The van der Waals surface area contributed by atoms with E-state index < -0.39 is 10.9 Å². The lowest BCUT2D eigenvalue weighted by molar-refractivity contribution is -0.385. The van der Waals surface area contributed by atoms with Crippen LogP contribution >= 0.6 is 0 Å². The number of carbonyl (C=O) groups excluding carboxylic acids is 2. The quantitative estimate of drug-likeness (QED) is 0.474. The number of rotatable bonds is 4. The van der Waals surface area contributed by atoms with Crippen LogP contribution in [0.25, 0.3) is 0 Å². The van der Waals surface area contributed by atoms with Crippen LogP contribution in [-0.2, 0) is 9.53 Å². The third kappa shape index (κ3) is 2.64. The van der Waals surface area contributed by atoms with Crippen molar-refractivity contribution < 1.29 is 24.0 Å². The summed E-state index contributed by atoms with van der Waals surface area (Å²) >= 11 is 0. The first-order valence-electron chi connectivity index (χ1n) is 6.24. The molecule has 1 heterocycles. The average Bonchev–Trinajstić information content (AvgIpc) is 2.90. The van der Waals surface area contributed by atoms with E-state index in [1.165, 1.54) is 25.2 Å². The van der Waals surface area contributed by atoms with Crippen molar-refractivity contribution >= 4 is 23.3 Å². The van der Waals surface area contributed by atoms with Gasteiger partial charge in [-0.2, -0.15) is 0 Å². The Morgan fingerprint density at radius 2 is 2.10 bits per heavy atom. The van der Waals surface area contributed by atoms with Gasteiger partial charge in [-0.15, -0.1) is 0 Å². The van der Waals surface area contributed by atoms with Crippen molar-refractivity contribution in [3.63, 3.8) is 0 Å². The molecule has 0 N–H and O–H groups in total. The minimum atomic E-state index is -0.714. The van der Waals surface area contributed by atoms with Gasteiger partial charge in [-0.25, -0.2) is 4.79 Å². The van der Waals surface area contributed by atoms with E-state index in [1.807, 2.05) is 0 Å². The molecule has 1 aliphatic heterocycles. The van der Waals surface area contributed by atoms with Gasteiger partial charge in [-0.05, 0) is 12.5 Å². The van der Waals surface area contributed by atoms with E-state index in [9.17, 15) is 19.7 Å². The molecule has 8 heteroatoms. The molecule has 1 aromatic rings. The third-order valence-corrected chi connectivity index (χ3v) is 3.24. The Balaban J connectivity index is 2.65.